The lowest BCUT2D eigenvalue weighted by atomic mass is 10.2. The first kappa shape index (κ1) is 13.5. The van der Waals surface area contributed by atoms with E-state index in [9.17, 15) is 0 Å². The van der Waals surface area contributed by atoms with E-state index in [1.807, 2.05) is 42.5 Å². The first-order valence-corrected chi connectivity index (χ1v) is 6.14. The molecule has 0 aliphatic heterocycles. The lowest BCUT2D eigenvalue weighted by Crippen LogP contribution is -1.99. The summed E-state index contributed by atoms with van der Waals surface area (Å²) in [7, 11) is 0. The van der Waals surface area contributed by atoms with E-state index in [2.05, 4.69) is 11.4 Å². The van der Waals surface area contributed by atoms with Crippen molar-refractivity contribution in [3.8, 4) is 17.9 Å². The first-order valence-electron chi connectivity index (χ1n) is 6.14. The van der Waals surface area contributed by atoms with Crippen molar-refractivity contribution in [3.05, 3.63) is 59.7 Å². The lowest BCUT2D eigenvalue weighted by Gasteiger charge is -2.07. The molecule has 0 aromatic heterocycles. The molecule has 2 aromatic carbocycles. The molecule has 0 bridgehead atoms. The Morgan fingerprint density at radius 2 is 1.65 bits per heavy atom. The predicted molar refractivity (Wildman–Crippen MR) is 76.0 cm³/mol. The number of nitrogens with zero attached hydrogens (tertiary/aromatic N) is 2. The number of ether oxygens (including phenoxy) is 1. The number of hydrogen-bond acceptors (Lipinski definition) is 4. The maximum absolute atomic E-state index is 8.72. The van der Waals surface area contributed by atoms with Crippen LogP contribution in [0.2, 0.25) is 0 Å². The SMILES string of the molecule is N#CCOc1ccc(CNc2ccc(C#N)cc2)cc1. The zero-order valence-electron chi connectivity index (χ0n) is 10.8. The molecule has 0 spiro atoms. The van der Waals surface area contributed by atoms with Crippen molar-refractivity contribution in [3.63, 3.8) is 0 Å². The minimum Gasteiger partial charge on any atom is -0.479 e. The Hall–Kier alpha value is -2.98. The smallest absolute Gasteiger partial charge is 0.174 e. The molecule has 0 aliphatic carbocycles. The second-order valence-corrected chi connectivity index (χ2v) is 4.13. The topological polar surface area (TPSA) is 68.8 Å². The fraction of sp³-hybridized carbons (Fsp3) is 0.125. The maximum Gasteiger partial charge on any atom is 0.174 e. The summed E-state index contributed by atoms with van der Waals surface area (Å²) in [5.74, 6) is 0.689. The highest BCUT2D eigenvalue weighted by Gasteiger charge is 1.97. The van der Waals surface area contributed by atoms with Crippen LogP contribution in [0.5, 0.6) is 5.75 Å². The number of nitriles is 2. The van der Waals surface area contributed by atoms with Gasteiger partial charge in [-0.15, -0.1) is 0 Å². The molecule has 2 rings (SSSR count). The van der Waals surface area contributed by atoms with Gasteiger partial charge in [-0.1, -0.05) is 12.1 Å². The summed E-state index contributed by atoms with van der Waals surface area (Å²) in [6, 6.07) is 18.9. The fourth-order valence-electron chi connectivity index (χ4n) is 1.69. The third kappa shape index (κ3) is 3.76. The Morgan fingerprint density at radius 3 is 2.25 bits per heavy atom. The van der Waals surface area contributed by atoms with Crippen molar-refractivity contribution < 1.29 is 4.74 Å². The summed E-state index contributed by atoms with van der Waals surface area (Å²) in [6.07, 6.45) is 0. The summed E-state index contributed by atoms with van der Waals surface area (Å²) >= 11 is 0. The normalized spacial score (nSPS) is 9.30. The number of hydrogen-bond donors (Lipinski definition) is 1. The van der Waals surface area contributed by atoms with E-state index in [4.69, 9.17) is 15.3 Å². The van der Waals surface area contributed by atoms with Crippen LogP contribution < -0.4 is 10.1 Å². The fourth-order valence-corrected chi connectivity index (χ4v) is 1.69. The molecule has 0 saturated carbocycles. The maximum atomic E-state index is 8.72. The molecule has 0 amide bonds. The zero-order chi connectivity index (χ0) is 14.2. The Labute approximate surface area is 117 Å². The van der Waals surface area contributed by atoms with Gasteiger partial charge in [0, 0.05) is 12.2 Å². The predicted octanol–water partition coefficient (Wildman–Crippen LogP) is 3.07. The van der Waals surface area contributed by atoms with Crippen LogP contribution in [0.15, 0.2) is 48.5 Å². The van der Waals surface area contributed by atoms with Gasteiger partial charge in [0.15, 0.2) is 6.61 Å². The standard InChI is InChI=1S/C16H13N3O/c17-9-10-20-16-7-3-14(4-8-16)12-19-15-5-1-13(11-18)2-6-15/h1-8,19H,10,12H2. The van der Waals surface area contributed by atoms with Crippen LogP contribution >= 0.6 is 0 Å². The monoisotopic (exact) mass is 263 g/mol. The van der Waals surface area contributed by atoms with Crippen molar-refractivity contribution in [1.82, 2.24) is 0 Å². The quantitative estimate of drug-likeness (QED) is 0.900. The molecule has 1 N–H and O–H groups in total. The number of benzene rings is 2. The molecule has 4 nitrogen and oxygen atoms in total. The van der Waals surface area contributed by atoms with Gasteiger partial charge in [0.2, 0.25) is 0 Å². The molecule has 20 heavy (non-hydrogen) atoms. The highest BCUT2D eigenvalue weighted by molar-refractivity contribution is 5.47. The second-order valence-electron chi connectivity index (χ2n) is 4.13. The van der Waals surface area contributed by atoms with E-state index < -0.39 is 0 Å². The zero-order valence-corrected chi connectivity index (χ0v) is 10.8. The van der Waals surface area contributed by atoms with E-state index >= 15 is 0 Å². The first-order chi connectivity index (χ1) is 9.81. The molecule has 0 heterocycles. The minimum atomic E-state index is 0.0584. The molecule has 0 unspecified atom stereocenters. The number of anilines is 1. The molecule has 2 aromatic rings. The Morgan fingerprint density at radius 1 is 0.950 bits per heavy atom. The van der Waals surface area contributed by atoms with Gasteiger partial charge in [-0.25, -0.2) is 0 Å². The Balaban J connectivity index is 1.90. The van der Waals surface area contributed by atoms with Gasteiger partial charge < -0.3 is 10.1 Å². The largest absolute Gasteiger partial charge is 0.479 e. The average molecular weight is 263 g/mol. The summed E-state index contributed by atoms with van der Waals surface area (Å²) in [6.45, 7) is 0.743. The van der Waals surface area contributed by atoms with Gasteiger partial charge in [-0.2, -0.15) is 10.5 Å². The van der Waals surface area contributed by atoms with Crippen molar-refractivity contribution >= 4 is 5.69 Å². The molecular weight excluding hydrogens is 250 g/mol. The van der Waals surface area contributed by atoms with Crippen molar-refractivity contribution in [2.45, 2.75) is 6.54 Å². The summed E-state index contributed by atoms with van der Waals surface area (Å²) < 4.78 is 5.19. The summed E-state index contributed by atoms with van der Waals surface area (Å²) in [5, 5.41) is 20.4. The summed E-state index contributed by atoms with van der Waals surface area (Å²) in [5.41, 5.74) is 2.72. The summed E-state index contributed by atoms with van der Waals surface area (Å²) in [4.78, 5) is 0. The Bertz CT molecular complexity index is 633. The van der Waals surface area contributed by atoms with E-state index in [0.29, 0.717) is 17.9 Å². The molecule has 0 fully saturated rings. The Kier molecular flexibility index (Phi) is 4.59. The van der Waals surface area contributed by atoms with Crippen LogP contribution in [0.25, 0.3) is 0 Å². The van der Waals surface area contributed by atoms with E-state index in [1.54, 1.807) is 12.1 Å². The highest BCUT2D eigenvalue weighted by Crippen LogP contribution is 2.14. The van der Waals surface area contributed by atoms with E-state index in [0.717, 1.165) is 11.3 Å². The lowest BCUT2D eigenvalue weighted by molar-refractivity contribution is 0.368. The van der Waals surface area contributed by atoms with Crippen LogP contribution in [0.3, 0.4) is 0 Å². The van der Waals surface area contributed by atoms with Crippen molar-refractivity contribution in [2.75, 3.05) is 11.9 Å². The highest BCUT2D eigenvalue weighted by atomic mass is 16.5. The van der Waals surface area contributed by atoms with Crippen LogP contribution in [-0.4, -0.2) is 6.61 Å². The van der Waals surface area contributed by atoms with Gasteiger partial charge in [-0.05, 0) is 42.0 Å². The van der Waals surface area contributed by atoms with Crippen molar-refractivity contribution in [1.29, 1.82) is 10.5 Å². The minimum absolute atomic E-state index is 0.0584. The number of rotatable bonds is 5. The van der Waals surface area contributed by atoms with Crippen LogP contribution in [0.1, 0.15) is 11.1 Å². The van der Waals surface area contributed by atoms with Gasteiger partial charge in [-0.3, -0.25) is 0 Å². The van der Waals surface area contributed by atoms with Crippen LogP contribution in [-0.2, 0) is 6.54 Å². The van der Waals surface area contributed by atoms with E-state index in [-0.39, 0.29) is 6.61 Å². The van der Waals surface area contributed by atoms with Gasteiger partial charge in [0.05, 0.1) is 11.6 Å². The van der Waals surface area contributed by atoms with Crippen molar-refractivity contribution in [2.24, 2.45) is 0 Å². The molecule has 98 valence electrons. The second kappa shape index (κ2) is 6.82. The average Bonchev–Trinajstić information content (AvgIpc) is 2.52. The van der Waals surface area contributed by atoms with Gasteiger partial charge in [0.1, 0.15) is 11.8 Å². The van der Waals surface area contributed by atoms with Gasteiger partial charge in [0.25, 0.3) is 0 Å². The molecule has 0 radical (unpaired) electrons. The van der Waals surface area contributed by atoms with Crippen LogP contribution in [0.4, 0.5) is 5.69 Å². The van der Waals surface area contributed by atoms with Crippen LogP contribution in [0, 0.1) is 22.7 Å². The molecule has 0 saturated heterocycles. The third-order valence-corrected chi connectivity index (χ3v) is 2.74. The number of nitrogens with one attached hydrogen (secondary N) is 1. The molecule has 4 heteroatoms. The van der Waals surface area contributed by atoms with Gasteiger partial charge >= 0.3 is 0 Å². The molecule has 0 atom stereocenters. The van der Waals surface area contributed by atoms with E-state index in [1.165, 1.54) is 0 Å². The third-order valence-electron chi connectivity index (χ3n) is 2.74. The molecule has 0 aliphatic rings. The molecular formula is C16H13N3O.